The Morgan fingerprint density at radius 2 is 2.18 bits per heavy atom. The van der Waals surface area contributed by atoms with Crippen molar-refractivity contribution in [3.63, 3.8) is 0 Å². The smallest absolute Gasteiger partial charge is 0.363 e. The first-order chi connectivity index (χ1) is 10.3. The number of carbonyl (C=O) groups is 2. The third-order valence-corrected chi connectivity index (χ3v) is 3.79. The van der Waals surface area contributed by atoms with Crippen molar-refractivity contribution in [1.82, 2.24) is 20.1 Å². The van der Waals surface area contributed by atoms with E-state index in [1.807, 2.05) is 0 Å². The van der Waals surface area contributed by atoms with E-state index in [1.165, 1.54) is 4.90 Å². The van der Waals surface area contributed by atoms with E-state index in [0.29, 0.717) is 17.9 Å². The van der Waals surface area contributed by atoms with Gasteiger partial charge in [0.15, 0.2) is 0 Å². The number of nitrogens with two attached hydrogens (primary N) is 1. The average molecular weight is 333 g/mol. The Bertz CT molecular complexity index is 730. The minimum absolute atomic E-state index is 0.0225. The van der Waals surface area contributed by atoms with Gasteiger partial charge >= 0.3 is 16.4 Å². The number of fused-ring (bicyclic) bond motifs is 2. The molecule has 0 saturated carbocycles. The summed E-state index contributed by atoms with van der Waals surface area (Å²) in [6, 6.07) is -1.91. The first-order valence-electron chi connectivity index (χ1n) is 6.16. The van der Waals surface area contributed by atoms with Crippen LogP contribution in [0.3, 0.4) is 0 Å². The van der Waals surface area contributed by atoms with E-state index in [-0.39, 0.29) is 18.3 Å². The number of amides is 3. The monoisotopic (exact) mass is 333 g/mol. The number of rotatable bonds is 4. The van der Waals surface area contributed by atoms with Gasteiger partial charge in [0.05, 0.1) is 6.04 Å². The molecule has 13 heteroatoms. The summed E-state index contributed by atoms with van der Waals surface area (Å²) in [7, 11) is -4.80. The van der Waals surface area contributed by atoms with Crippen LogP contribution in [0.1, 0.15) is 35.4 Å². The largest absolute Gasteiger partial charge is 0.418 e. The first-order valence-corrected chi connectivity index (χ1v) is 7.53. The number of hydrogen-bond donors (Lipinski definition) is 2. The van der Waals surface area contributed by atoms with Crippen molar-refractivity contribution in [2.45, 2.75) is 24.9 Å². The zero-order valence-corrected chi connectivity index (χ0v) is 11.8. The fourth-order valence-corrected chi connectivity index (χ4v) is 2.95. The van der Waals surface area contributed by atoms with E-state index in [1.54, 1.807) is 0 Å². The zero-order valence-electron chi connectivity index (χ0n) is 10.9. The maximum absolute atomic E-state index is 12.2. The maximum Gasteiger partial charge on any atom is 0.418 e. The number of aromatic nitrogens is 2. The lowest BCUT2D eigenvalue weighted by Gasteiger charge is -2.27. The topological polar surface area (TPSA) is 169 Å². The van der Waals surface area contributed by atoms with Crippen molar-refractivity contribution < 1.29 is 31.4 Å². The SMILES string of the molecule is NC(=O)c1noc(C2CCC3CN2C(=O)N3OS(=O)(=O)O)n1. The Labute approximate surface area is 123 Å². The molecule has 2 atom stereocenters. The molecular formula is C9H11N5O7S. The molecule has 1 aromatic heterocycles. The number of piperidine rings is 1. The fraction of sp³-hybridized carbons (Fsp3) is 0.556. The molecule has 3 heterocycles. The Kier molecular flexibility index (Phi) is 3.26. The van der Waals surface area contributed by atoms with E-state index >= 15 is 0 Å². The summed E-state index contributed by atoms with van der Waals surface area (Å²) in [4.78, 5) is 28.2. The van der Waals surface area contributed by atoms with Crippen molar-refractivity contribution in [1.29, 1.82) is 0 Å². The van der Waals surface area contributed by atoms with Crippen LogP contribution in [0.5, 0.6) is 0 Å². The van der Waals surface area contributed by atoms with Gasteiger partial charge in [0.2, 0.25) is 5.89 Å². The maximum atomic E-state index is 12.2. The highest BCUT2D eigenvalue weighted by Crippen LogP contribution is 2.38. The standard InChI is InChI=1S/C9H11N5O7S/c10-6(15)7-11-8(20-12-7)5-2-1-4-3-13(5)9(16)14(4)21-22(17,18)19/h4-5H,1-3H2,(H2,10,15)(H,17,18,19). The summed E-state index contributed by atoms with van der Waals surface area (Å²) >= 11 is 0. The normalized spacial score (nSPS) is 24.9. The van der Waals surface area contributed by atoms with Crippen molar-refractivity contribution >= 4 is 22.3 Å². The van der Waals surface area contributed by atoms with Crippen LogP contribution >= 0.6 is 0 Å². The third-order valence-electron chi connectivity index (χ3n) is 3.44. The molecule has 3 N–H and O–H groups in total. The van der Waals surface area contributed by atoms with Crippen LogP contribution in [0.15, 0.2) is 4.52 Å². The molecule has 0 radical (unpaired) electrons. The number of nitrogens with zero attached hydrogens (tertiary/aromatic N) is 4. The molecule has 2 saturated heterocycles. The fourth-order valence-electron chi connectivity index (χ4n) is 2.56. The highest BCUT2D eigenvalue weighted by atomic mass is 32.3. The van der Waals surface area contributed by atoms with E-state index < -0.39 is 34.4 Å². The molecule has 2 fully saturated rings. The molecule has 2 aliphatic heterocycles. The van der Waals surface area contributed by atoms with Gasteiger partial charge in [-0.3, -0.25) is 9.35 Å². The highest BCUT2D eigenvalue weighted by Gasteiger charge is 2.49. The van der Waals surface area contributed by atoms with Crippen LogP contribution in [0.25, 0.3) is 0 Å². The molecule has 1 aromatic rings. The summed E-state index contributed by atoms with van der Waals surface area (Å²) in [6.45, 7) is 0.160. The molecule has 12 nitrogen and oxygen atoms in total. The number of hydroxylamine groups is 2. The summed E-state index contributed by atoms with van der Waals surface area (Å²) in [5.41, 5.74) is 5.02. The third kappa shape index (κ3) is 2.49. The first kappa shape index (κ1) is 14.7. The predicted molar refractivity (Wildman–Crippen MR) is 65.2 cm³/mol. The minimum Gasteiger partial charge on any atom is -0.363 e. The van der Waals surface area contributed by atoms with Gasteiger partial charge in [-0.05, 0) is 12.8 Å². The van der Waals surface area contributed by atoms with Crippen molar-refractivity contribution in [2.75, 3.05) is 6.54 Å². The molecule has 0 spiro atoms. The predicted octanol–water partition coefficient (Wildman–Crippen LogP) is -1.16. The van der Waals surface area contributed by atoms with Crippen LogP contribution in [0.2, 0.25) is 0 Å². The van der Waals surface area contributed by atoms with E-state index in [9.17, 15) is 18.0 Å². The Balaban J connectivity index is 1.83. The number of primary amides is 1. The molecule has 2 bridgehead atoms. The lowest BCUT2D eigenvalue weighted by molar-refractivity contribution is -0.0317. The van der Waals surface area contributed by atoms with Gasteiger partial charge in [-0.25, -0.2) is 4.79 Å². The van der Waals surface area contributed by atoms with Gasteiger partial charge in [-0.2, -0.15) is 18.5 Å². The molecule has 2 unspecified atom stereocenters. The van der Waals surface area contributed by atoms with Crippen LogP contribution in [0, 0.1) is 0 Å². The molecule has 2 aliphatic rings. The molecule has 22 heavy (non-hydrogen) atoms. The number of hydrogen-bond acceptors (Lipinski definition) is 8. The van der Waals surface area contributed by atoms with Crippen LogP contribution in [-0.4, -0.2) is 57.6 Å². The average Bonchev–Trinajstić information content (AvgIpc) is 2.99. The Morgan fingerprint density at radius 3 is 2.77 bits per heavy atom. The number of urea groups is 1. The van der Waals surface area contributed by atoms with Gasteiger partial charge in [-0.15, -0.1) is 4.28 Å². The van der Waals surface area contributed by atoms with Crippen LogP contribution in [0.4, 0.5) is 4.79 Å². The summed E-state index contributed by atoms with van der Waals surface area (Å²) in [6.07, 6.45) is 0.777. The van der Waals surface area contributed by atoms with Gasteiger partial charge in [0, 0.05) is 6.54 Å². The molecule has 3 amide bonds. The molecule has 3 rings (SSSR count). The van der Waals surface area contributed by atoms with E-state index in [0.717, 1.165) is 0 Å². The Hall–Kier alpha value is -2.25. The lowest BCUT2D eigenvalue weighted by Crippen LogP contribution is -2.35. The van der Waals surface area contributed by atoms with Gasteiger partial charge in [0.25, 0.3) is 11.7 Å². The van der Waals surface area contributed by atoms with E-state index in [2.05, 4.69) is 14.4 Å². The molecular weight excluding hydrogens is 322 g/mol. The second-order valence-electron chi connectivity index (χ2n) is 4.83. The summed E-state index contributed by atoms with van der Waals surface area (Å²) in [5.74, 6) is -1.16. The van der Waals surface area contributed by atoms with E-state index in [4.69, 9.17) is 14.8 Å². The molecule has 0 aromatic carbocycles. The highest BCUT2D eigenvalue weighted by molar-refractivity contribution is 7.80. The van der Waals surface area contributed by atoms with Crippen LogP contribution < -0.4 is 5.73 Å². The van der Waals surface area contributed by atoms with Gasteiger partial charge < -0.3 is 15.2 Å². The quantitative estimate of drug-likeness (QED) is 0.645. The lowest BCUT2D eigenvalue weighted by atomic mass is 10.0. The minimum atomic E-state index is -4.80. The molecule has 120 valence electrons. The van der Waals surface area contributed by atoms with Crippen molar-refractivity contribution in [3.05, 3.63) is 11.7 Å². The summed E-state index contributed by atoms with van der Waals surface area (Å²) < 4.78 is 39.5. The number of carbonyl (C=O) groups excluding carboxylic acids is 2. The second kappa shape index (κ2) is 4.89. The van der Waals surface area contributed by atoms with Gasteiger partial charge in [0.1, 0.15) is 6.04 Å². The molecule has 0 aliphatic carbocycles. The van der Waals surface area contributed by atoms with Crippen molar-refractivity contribution in [2.24, 2.45) is 5.73 Å². The van der Waals surface area contributed by atoms with Crippen LogP contribution in [-0.2, 0) is 14.7 Å². The Morgan fingerprint density at radius 1 is 1.45 bits per heavy atom. The summed E-state index contributed by atoms with van der Waals surface area (Å²) in [5, 5.41) is 4.00. The zero-order chi connectivity index (χ0) is 16.1. The second-order valence-corrected chi connectivity index (χ2v) is 5.83. The van der Waals surface area contributed by atoms with Crippen molar-refractivity contribution in [3.8, 4) is 0 Å². The van der Waals surface area contributed by atoms with Gasteiger partial charge in [-0.1, -0.05) is 5.16 Å².